The molecule has 1 heterocycles. The smallest absolute Gasteiger partial charge is 0.158 e. The van der Waals surface area contributed by atoms with Gasteiger partial charge in [0.2, 0.25) is 0 Å². The number of hydrogen-bond donors (Lipinski definition) is 1. The fraction of sp³-hybridized carbons (Fsp3) is 0.917. The lowest BCUT2D eigenvalue weighted by Gasteiger charge is -2.33. The maximum absolute atomic E-state index is 12.1. The molecule has 0 amide bonds. The van der Waals surface area contributed by atoms with Crippen LogP contribution in [0, 0.1) is 5.92 Å². The zero-order valence-corrected chi connectivity index (χ0v) is 11.0. The number of hydroxylamine groups is 2. The SMILES string of the molecule is CC1(C)CC(CC(=O)COCO)C(C)(C)N1[O]. The number of rotatable bonds is 5. The van der Waals surface area contributed by atoms with Crippen molar-refractivity contribution in [3.8, 4) is 0 Å². The van der Waals surface area contributed by atoms with Crippen LogP contribution < -0.4 is 0 Å². The molecule has 1 rings (SSSR count). The van der Waals surface area contributed by atoms with Crippen molar-refractivity contribution in [1.29, 1.82) is 0 Å². The number of carbonyl (C=O) groups excluding carboxylic acids is 1. The lowest BCUT2D eigenvalue weighted by molar-refractivity contribution is -0.248. The van der Waals surface area contributed by atoms with Gasteiger partial charge in [0.25, 0.3) is 0 Å². The fourth-order valence-corrected chi connectivity index (χ4v) is 2.70. The second-order valence-corrected chi connectivity index (χ2v) is 5.88. The molecule has 1 aliphatic heterocycles. The second-order valence-electron chi connectivity index (χ2n) is 5.88. The average Bonchev–Trinajstić information content (AvgIpc) is 2.37. The number of Topliss-reactive ketones (excluding diaryl/α,β-unsaturated/α-hetero) is 1. The van der Waals surface area contributed by atoms with Gasteiger partial charge in [-0.05, 0) is 40.0 Å². The summed E-state index contributed by atoms with van der Waals surface area (Å²) in [5.74, 6) is -0.0342. The van der Waals surface area contributed by atoms with Gasteiger partial charge in [0.15, 0.2) is 5.78 Å². The lowest BCUT2D eigenvalue weighted by Crippen LogP contribution is -2.46. The van der Waals surface area contributed by atoms with Crippen molar-refractivity contribution >= 4 is 5.78 Å². The van der Waals surface area contributed by atoms with Crippen LogP contribution in [-0.4, -0.2) is 40.4 Å². The van der Waals surface area contributed by atoms with Gasteiger partial charge in [-0.15, -0.1) is 10.3 Å². The minimum absolute atomic E-state index is 0.0322. The average molecular weight is 244 g/mol. The van der Waals surface area contributed by atoms with Crippen molar-refractivity contribution in [2.45, 2.75) is 51.6 Å². The Morgan fingerprint density at radius 2 is 2.00 bits per heavy atom. The summed E-state index contributed by atoms with van der Waals surface area (Å²) in [5, 5.41) is 21.7. The molecule has 1 N–H and O–H groups in total. The van der Waals surface area contributed by atoms with E-state index >= 15 is 0 Å². The third-order valence-corrected chi connectivity index (χ3v) is 3.65. The monoisotopic (exact) mass is 244 g/mol. The zero-order chi connectivity index (χ0) is 13.3. The van der Waals surface area contributed by atoms with Gasteiger partial charge < -0.3 is 9.84 Å². The summed E-state index contributed by atoms with van der Waals surface area (Å²) in [6, 6.07) is 0. The predicted octanol–water partition coefficient (Wildman–Crippen LogP) is 1.14. The molecule has 0 aromatic carbocycles. The Kier molecular flexibility index (Phi) is 4.30. The van der Waals surface area contributed by atoms with Crippen LogP contribution >= 0.6 is 0 Å². The lowest BCUT2D eigenvalue weighted by atomic mass is 9.83. The molecule has 1 aliphatic rings. The largest absolute Gasteiger partial charge is 0.371 e. The van der Waals surface area contributed by atoms with Crippen LogP contribution in [0.2, 0.25) is 0 Å². The highest BCUT2D eigenvalue weighted by atomic mass is 16.6. The summed E-state index contributed by atoms with van der Waals surface area (Å²) in [7, 11) is 0. The molecule has 17 heavy (non-hydrogen) atoms. The van der Waals surface area contributed by atoms with Crippen LogP contribution in [0.5, 0.6) is 0 Å². The van der Waals surface area contributed by atoms with E-state index in [9.17, 15) is 10.0 Å². The molecule has 0 saturated carbocycles. The van der Waals surface area contributed by atoms with Crippen LogP contribution in [-0.2, 0) is 14.7 Å². The van der Waals surface area contributed by atoms with E-state index < -0.39 is 17.9 Å². The van der Waals surface area contributed by atoms with Crippen molar-refractivity contribution in [2.75, 3.05) is 13.4 Å². The number of ether oxygens (including phenoxy) is 1. The van der Waals surface area contributed by atoms with Crippen molar-refractivity contribution in [3.05, 3.63) is 0 Å². The van der Waals surface area contributed by atoms with Crippen LogP contribution in [0.4, 0.5) is 0 Å². The highest BCUT2D eigenvalue weighted by Gasteiger charge is 2.52. The van der Waals surface area contributed by atoms with Crippen LogP contribution in [0.3, 0.4) is 0 Å². The number of aliphatic hydroxyl groups is 1. The Morgan fingerprint density at radius 1 is 1.41 bits per heavy atom. The molecular formula is C12H22NO4. The van der Waals surface area contributed by atoms with Crippen LogP contribution in [0.25, 0.3) is 0 Å². The molecule has 0 bridgehead atoms. The van der Waals surface area contributed by atoms with Gasteiger partial charge in [-0.3, -0.25) is 4.79 Å². The maximum Gasteiger partial charge on any atom is 0.158 e. The molecule has 0 aromatic heterocycles. The molecule has 5 nitrogen and oxygen atoms in total. The van der Waals surface area contributed by atoms with E-state index in [1.54, 1.807) is 0 Å². The van der Waals surface area contributed by atoms with E-state index in [0.717, 1.165) is 5.06 Å². The summed E-state index contributed by atoms with van der Waals surface area (Å²) in [6.45, 7) is 7.02. The highest BCUT2D eigenvalue weighted by Crippen LogP contribution is 2.45. The summed E-state index contributed by atoms with van der Waals surface area (Å²) in [4.78, 5) is 11.6. The normalized spacial score (nSPS) is 27.3. The quantitative estimate of drug-likeness (QED) is 0.736. The van der Waals surface area contributed by atoms with Gasteiger partial charge in [0.1, 0.15) is 13.4 Å². The van der Waals surface area contributed by atoms with Crippen molar-refractivity contribution in [1.82, 2.24) is 5.06 Å². The molecule has 0 aromatic rings. The van der Waals surface area contributed by atoms with E-state index in [2.05, 4.69) is 4.74 Å². The third-order valence-electron chi connectivity index (χ3n) is 3.65. The van der Waals surface area contributed by atoms with Gasteiger partial charge in [0.05, 0.1) is 0 Å². The number of carbonyl (C=O) groups is 1. The fourth-order valence-electron chi connectivity index (χ4n) is 2.70. The Hall–Kier alpha value is -0.490. The van der Waals surface area contributed by atoms with Gasteiger partial charge in [-0.2, -0.15) is 0 Å². The first-order valence-corrected chi connectivity index (χ1v) is 5.89. The Bertz CT molecular complexity index is 288. The molecule has 99 valence electrons. The molecule has 1 atom stereocenters. The minimum Gasteiger partial charge on any atom is -0.371 e. The van der Waals surface area contributed by atoms with Crippen LogP contribution in [0.15, 0.2) is 0 Å². The summed E-state index contributed by atoms with van der Waals surface area (Å²) in [6.07, 6.45) is 1.03. The topological polar surface area (TPSA) is 69.7 Å². The maximum atomic E-state index is 12.1. The molecule has 0 spiro atoms. The second kappa shape index (κ2) is 5.02. The van der Waals surface area contributed by atoms with E-state index in [1.807, 2.05) is 27.7 Å². The van der Waals surface area contributed by atoms with Gasteiger partial charge in [-0.1, -0.05) is 0 Å². The number of hydrogen-bond acceptors (Lipinski definition) is 4. The first-order chi connectivity index (χ1) is 7.71. The van der Waals surface area contributed by atoms with E-state index in [0.29, 0.717) is 12.8 Å². The predicted molar refractivity (Wildman–Crippen MR) is 61.5 cm³/mol. The molecule has 1 saturated heterocycles. The Labute approximate surface area is 102 Å². The number of aliphatic hydroxyl groups excluding tert-OH is 1. The van der Waals surface area contributed by atoms with Gasteiger partial charge in [0, 0.05) is 17.5 Å². The minimum atomic E-state index is -0.529. The number of ketones is 1. The van der Waals surface area contributed by atoms with Crippen molar-refractivity contribution < 1.29 is 19.8 Å². The molecular weight excluding hydrogens is 222 g/mol. The molecule has 1 unspecified atom stereocenters. The molecule has 1 fully saturated rings. The zero-order valence-electron chi connectivity index (χ0n) is 11.0. The Morgan fingerprint density at radius 3 is 2.41 bits per heavy atom. The van der Waals surface area contributed by atoms with E-state index in [-0.39, 0.29) is 18.3 Å². The standard InChI is InChI=1S/C12H22NO4/c1-11(2)6-9(12(3,4)13(11)16)5-10(15)7-17-8-14/h9,14H,5-8H2,1-4H3. The first-order valence-electron chi connectivity index (χ1n) is 5.89. The summed E-state index contributed by atoms with van der Waals surface area (Å²) in [5.41, 5.74) is -0.954. The van der Waals surface area contributed by atoms with Crippen LogP contribution in [0.1, 0.15) is 40.5 Å². The Balaban J connectivity index is 2.63. The molecule has 5 heteroatoms. The summed E-state index contributed by atoms with van der Waals surface area (Å²) >= 11 is 0. The van der Waals surface area contributed by atoms with Crippen molar-refractivity contribution in [2.24, 2.45) is 5.92 Å². The molecule has 1 radical (unpaired) electrons. The molecule has 0 aliphatic carbocycles. The number of nitrogens with zero attached hydrogens (tertiary/aromatic N) is 1. The first kappa shape index (κ1) is 14.6. The van der Waals surface area contributed by atoms with Gasteiger partial charge in [-0.25, -0.2) is 0 Å². The summed E-state index contributed by atoms with van der Waals surface area (Å²) < 4.78 is 4.67. The van der Waals surface area contributed by atoms with E-state index in [1.165, 1.54) is 0 Å². The third kappa shape index (κ3) is 3.04. The van der Waals surface area contributed by atoms with E-state index in [4.69, 9.17) is 5.11 Å². The highest BCUT2D eigenvalue weighted by molar-refractivity contribution is 5.80. The van der Waals surface area contributed by atoms with Crippen molar-refractivity contribution in [3.63, 3.8) is 0 Å². The van der Waals surface area contributed by atoms with Gasteiger partial charge >= 0.3 is 0 Å².